The molecule has 0 bridgehead atoms. The van der Waals surface area contributed by atoms with Crippen LogP contribution in [0.4, 0.5) is 5.95 Å². The van der Waals surface area contributed by atoms with Crippen LogP contribution in [0.15, 0.2) is 24.3 Å². The molecule has 3 N–H and O–H groups in total. The zero-order chi connectivity index (χ0) is 10.2. The third-order valence-electron chi connectivity index (χ3n) is 1.62. The topological polar surface area (TPSA) is 95.1 Å². The van der Waals surface area contributed by atoms with E-state index in [0.717, 1.165) is 0 Å². The third kappa shape index (κ3) is 3.18. The summed E-state index contributed by atoms with van der Waals surface area (Å²) >= 11 is 0. The molecule has 0 fully saturated rings. The molecule has 1 aromatic heterocycles. The summed E-state index contributed by atoms with van der Waals surface area (Å²) in [6, 6.07) is 7.04. The number of aromatic nitrogens is 2. The molecule has 2 rings (SSSR count). The molecule has 0 atom stereocenters. The summed E-state index contributed by atoms with van der Waals surface area (Å²) in [6.45, 7) is 0. The van der Waals surface area contributed by atoms with E-state index in [1.165, 1.54) is 0 Å². The van der Waals surface area contributed by atoms with Crippen molar-refractivity contribution < 1.29 is 44.0 Å². The van der Waals surface area contributed by atoms with Gasteiger partial charge in [-0.2, -0.15) is 8.42 Å². The predicted molar refractivity (Wildman–Crippen MR) is 52.4 cm³/mol. The van der Waals surface area contributed by atoms with E-state index >= 15 is 0 Å². The molecular formula is C7H8N3NaO3S. The molecule has 0 saturated carbocycles. The number of imidazole rings is 1. The predicted octanol–water partition coefficient (Wildman–Crippen LogP) is -2.11. The molecule has 0 unspecified atom stereocenters. The van der Waals surface area contributed by atoms with Crippen LogP contribution in [-0.2, 0) is 10.3 Å². The Balaban J connectivity index is 0.00000112. The summed E-state index contributed by atoms with van der Waals surface area (Å²) in [5.41, 5.74) is 1.32. The largest absolute Gasteiger partial charge is 1.00 e. The average molecular weight is 237 g/mol. The Bertz CT molecular complexity index is 538. The SMILES string of the molecule is O=S(=O)(O)Nc1nc2ccccc2[nH]1.[H-].[Na+]. The molecule has 0 aliphatic rings. The van der Waals surface area contributed by atoms with Crippen LogP contribution in [0.1, 0.15) is 1.43 Å². The summed E-state index contributed by atoms with van der Waals surface area (Å²) in [4.78, 5) is 6.58. The van der Waals surface area contributed by atoms with E-state index in [9.17, 15) is 8.42 Å². The number of rotatable bonds is 2. The molecule has 0 amide bonds. The number of hydrogen-bond donors (Lipinski definition) is 3. The van der Waals surface area contributed by atoms with Crippen LogP contribution in [0.2, 0.25) is 0 Å². The fraction of sp³-hybridized carbons (Fsp3) is 0. The van der Waals surface area contributed by atoms with E-state index in [-0.39, 0.29) is 36.9 Å². The molecule has 8 heteroatoms. The van der Waals surface area contributed by atoms with Gasteiger partial charge in [0.1, 0.15) is 0 Å². The van der Waals surface area contributed by atoms with Crippen molar-refractivity contribution in [2.75, 3.05) is 4.72 Å². The van der Waals surface area contributed by atoms with Crippen LogP contribution < -0.4 is 34.3 Å². The molecule has 0 aliphatic heterocycles. The average Bonchev–Trinajstić information content (AvgIpc) is 2.42. The molecule has 6 nitrogen and oxygen atoms in total. The number of para-hydroxylation sites is 2. The van der Waals surface area contributed by atoms with Crippen molar-refractivity contribution in [1.29, 1.82) is 0 Å². The fourth-order valence-electron chi connectivity index (χ4n) is 1.12. The maximum Gasteiger partial charge on any atom is 1.00 e. The van der Waals surface area contributed by atoms with Crippen LogP contribution in [0.3, 0.4) is 0 Å². The van der Waals surface area contributed by atoms with Crippen molar-refractivity contribution in [2.45, 2.75) is 0 Å². The Kier molecular flexibility index (Phi) is 3.74. The van der Waals surface area contributed by atoms with Gasteiger partial charge in [0.2, 0.25) is 5.95 Å². The molecule has 15 heavy (non-hydrogen) atoms. The maximum atomic E-state index is 10.5. The van der Waals surface area contributed by atoms with Crippen LogP contribution in [0.25, 0.3) is 11.0 Å². The molecule has 76 valence electrons. The van der Waals surface area contributed by atoms with Gasteiger partial charge in [-0.3, -0.25) is 4.55 Å². The van der Waals surface area contributed by atoms with E-state index < -0.39 is 10.3 Å². The van der Waals surface area contributed by atoms with Gasteiger partial charge < -0.3 is 6.41 Å². The summed E-state index contributed by atoms with van der Waals surface area (Å²) in [5, 5.41) is 0. The van der Waals surface area contributed by atoms with Gasteiger partial charge in [-0.25, -0.2) is 9.71 Å². The number of nitrogens with one attached hydrogen (secondary N) is 2. The first-order valence-electron chi connectivity index (χ1n) is 3.74. The van der Waals surface area contributed by atoms with Crippen LogP contribution >= 0.6 is 0 Å². The Morgan fingerprint density at radius 3 is 2.67 bits per heavy atom. The second-order valence-corrected chi connectivity index (χ2v) is 3.83. The standard InChI is InChI=1S/C7H7N3O3S.Na.H/c11-14(12,13)10-7-8-5-3-1-2-4-6(5)9-7;;/h1-4H,(H2,8,9,10)(H,11,12,13);;/q;+1;-1. The van der Waals surface area contributed by atoms with Crippen LogP contribution in [0.5, 0.6) is 0 Å². The fourth-order valence-corrected chi connectivity index (χ4v) is 1.46. The molecule has 0 radical (unpaired) electrons. The van der Waals surface area contributed by atoms with Gasteiger partial charge in [-0.15, -0.1) is 0 Å². The number of H-pyrrole nitrogens is 1. The second-order valence-electron chi connectivity index (χ2n) is 2.68. The molecule has 0 aliphatic carbocycles. The Labute approximate surface area is 110 Å². The van der Waals surface area contributed by atoms with Gasteiger partial charge in [-0.1, -0.05) is 12.1 Å². The van der Waals surface area contributed by atoms with Crippen molar-refractivity contribution in [3.8, 4) is 0 Å². The number of fused-ring (bicyclic) bond motifs is 1. The molecule has 1 aromatic carbocycles. The molecular weight excluding hydrogens is 229 g/mol. The van der Waals surface area contributed by atoms with Crippen molar-refractivity contribution >= 4 is 27.3 Å². The minimum atomic E-state index is -4.27. The van der Waals surface area contributed by atoms with Gasteiger partial charge >= 0.3 is 39.9 Å². The quantitative estimate of drug-likeness (QED) is 0.411. The molecule has 1 heterocycles. The smallest absolute Gasteiger partial charge is 1.00 e. The first kappa shape index (κ1) is 12.5. The van der Waals surface area contributed by atoms with Crippen molar-refractivity contribution in [3.63, 3.8) is 0 Å². The van der Waals surface area contributed by atoms with Crippen molar-refractivity contribution in [2.24, 2.45) is 0 Å². The minimum absolute atomic E-state index is 0. The zero-order valence-electron chi connectivity index (χ0n) is 8.93. The number of nitrogens with zero attached hydrogens (tertiary/aromatic N) is 1. The Morgan fingerprint density at radius 1 is 1.40 bits per heavy atom. The molecule has 0 spiro atoms. The van der Waals surface area contributed by atoms with E-state index in [1.54, 1.807) is 24.3 Å². The number of anilines is 1. The Morgan fingerprint density at radius 2 is 2.07 bits per heavy atom. The Hall–Kier alpha value is -0.600. The van der Waals surface area contributed by atoms with Gasteiger partial charge in [0.15, 0.2) is 0 Å². The van der Waals surface area contributed by atoms with E-state index in [0.29, 0.717) is 11.0 Å². The van der Waals surface area contributed by atoms with Crippen molar-refractivity contribution in [1.82, 2.24) is 9.97 Å². The third-order valence-corrected chi connectivity index (χ3v) is 2.07. The number of aromatic amines is 1. The first-order valence-corrected chi connectivity index (χ1v) is 5.18. The van der Waals surface area contributed by atoms with Gasteiger partial charge in [0.05, 0.1) is 11.0 Å². The summed E-state index contributed by atoms with van der Waals surface area (Å²) < 4.78 is 31.3. The first-order chi connectivity index (χ1) is 6.54. The van der Waals surface area contributed by atoms with E-state index in [4.69, 9.17) is 4.55 Å². The molecule has 2 aromatic rings. The maximum absolute atomic E-state index is 10.5. The van der Waals surface area contributed by atoms with Gasteiger partial charge in [0.25, 0.3) is 0 Å². The zero-order valence-corrected chi connectivity index (χ0v) is 10.7. The molecule has 0 saturated heterocycles. The van der Waals surface area contributed by atoms with Crippen LogP contribution in [-0.4, -0.2) is 22.9 Å². The summed E-state index contributed by atoms with van der Waals surface area (Å²) in [6.07, 6.45) is 0. The van der Waals surface area contributed by atoms with Crippen LogP contribution in [0, 0.1) is 0 Å². The summed E-state index contributed by atoms with van der Waals surface area (Å²) in [5.74, 6) is -0.00583. The van der Waals surface area contributed by atoms with Gasteiger partial charge in [0, 0.05) is 0 Å². The normalized spacial score (nSPS) is 11.0. The minimum Gasteiger partial charge on any atom is -1.00 e. The monoisotopic (exact) mass is 237 g/mol. The van der Waals surface area contributed by atoms with E-state index in [1.807, 2.05) is 4.72 Å². The number of benzene rings is 1. The van der Waals surface area contributed by atoms with Gasteiger partial charge in [-0.05, 0) is 12.1 Å². The number of hydrogen-bond acceptors (Lipinski definition) is 3. The van der Waals surface area contributed by atoms with Crippen molar-refractivity contribution in [3.05, 3.63) is 24.3 Å². The second kappa shape index (κ2) is 4.50. The van der Waals surface area contributed by atoms with E-state index in [2.05, 4.69) is 9.97 Å². The summed E-state index contributed by atoms with van der Waals surface area (Å²) in [7, 11) is -4.27.